The fourth-order valence-electron chi connectivity index (χ4n) is 6.89. The summed E-state index contributed by atoms with van der Waals surface area (Å²) in [5.74, 6) is 2.44. The first-order valence-electron chi connectivity index (χ1n) is 9.28. The molecule has 124 valence electrons. The van der Waals surface area contributed by atoms with Gasteiger partial charge < -0.3 is 4.90 Å². The molecular weight excluding hydrogens is 284 g/mol. The first-order valence-corrected chi connectivity index (χ1v) is 9.28. The number of fused-ring (bicyclic) bond motifs is 5. The fourth-order valence-corrected chi connectivity index (χ4v) is 6.89. The van der Waals surface area contributed by atoms with Gasteiger partial charge >= 0.3 is 0 Å². The second-order valence-electron chi connectivity index (χ2n) is 8.90. The molecule has 0 aromatic carbocycles. The highest BCUT2D eigenvalue weighted by Gasteiger charge is 2.59. The molecule has 3 heteroatoms. The third-order valence-corrected chi connectivity index (χ3v) is 8.26. The molecule has 4 aliphatic rings. The molecule has 0 N–H and O–H groups in total. The van der Waals surface area contributed by atoms with Crippen LogP contribution in [0.1, 0.15) is 58.8 Å². The number of allylic oxidation sites excluding steroid dienone is 2. The van der Waals surface area contributed by atoms with Crippen molar-refractivity contribution in [3.63, 3.8) is 0 Å². The number of hydrogen-bond donors (Lipinski definition) is 0. The zero-order valence-electron chi connectivity index (χ0n) is 14.6. The maximum absolute atomic E-state index is 12.1. The summed E-state index contributed by atoms with van der Waals surface area (Å²) in [4.78, 5) is 14.2. The van der Waals surface area contributed by atoms with E-state index in [1.165, 1.54) is 12.8 Å². The van der Waals surface area contributed by atoms with Gasteiger partial charge in [-0.3, -0.25) is 4.79 Å². The van der Waals surface area contributed by atoms with Crippen LogP contribution in [0.15, 0.2) is 11.6 Å². The van der Waals surface area contributed by atoms with Crippen LogP contribution in [0, 0.1) is 39.9 Å². The molecule has 23 heavy (non-hydrogen) atoms. The lowest BCUT2D eigenvalue weighted by atomic mass is 9.47. The van der Waals surface area contributed by atoms with Gasteiger partial charge in [0.1, 0.15) is 0 Å². The Morgan fingerprint density at radius 3 is 2.74 bits per heavy atom. The van der Waals surface area contributed by atoms with Crippen LogP contribution < -0.4 is 0 Å². The second kappa shape index (κ2) is 4.85. The molecule has 4 rings (SSSR count). The summed E-state index contributed by atoms with van der Waals surface area (Å²) in [6.45, 7) is 4.79. The van der Waals surface area contributed by atoms with E-state index in [2.05, 4.69) is 30.9 Å². The van der Waals surface area contributed by atoms with Gasteiger partial charge in [0.15, 0.2) is 0 Å². The maximum Gasteiger partial charge on any atom is 0.222 e. The van der Waals surface area contributed by atoms with E-state index in [0.29, 0.717) is 17.9 Å². The predicted molar refractivity (Wildman–Crippen MR) is 89.3 cm³/mol. The smallest absolute Gasteiger partial charge is 0.222 e. The minimum Gasteiger partial charge on any atom is -0.342 e. The topological polar surface area (TPSA) is 44.1 Å². The van der Waals surface area contributed by atoms with Gasteiger partial charge in [-0.2, -0.15) is 5.26 Å². The molecule has 1 unspecified atom stereocenters. The molecule has 3 aliphatic carbocycles. The zero-order chi connectivity index (χ0) is 16.4. The van der Waals surface area contributed by atoms with E-state index in [0.717, 1.165) is 49.5 Å². The molecule has 0 bridgehead atoms. The van der Waals surface area contributed by atoms with Crippen LogP contribution in [0.5, 0.6) is 0 Å². The van der Waals surface area contributed by atoms with Gasteiger partial charge in [-0.05, 0) is 61.7 Å². The Morgan fingerprint density at radius 1 is 1.22 bits per heavy atom. The zero-order valence-corrected chi connectivity index (χ0v) is 14.6. The Labute approximate surface area is 139 Å². The number of nitrogens with zero attached hydrogens (tertiary/aromatic N) is 2. The van der Waals surface area contributed by atoms with Gasteiger partial charge in [-0.15, -0.1) is 0 Å². The van der Waals surface area contributed by atoms with Crippen molar-refractivity contribution in [3.05, 3.63) is 11.6 Å². The summed E-state index contributed by atoms with van der Waals surface area (Å²) in [5.41, 5.74) is 1.45. The van der Waals surface area contributed by atoms with E-state index in [1.807, 2.05) is 7.05 Å². The minimum atomic E-state index is 0.121. The molecule has 3 nitrogen and oxygen atoms in total. The number of carbonyl (C=O) groups excluding carboxylic acids is 1. The molecule has 0 radical (unpaired) electrons. The van der Waals surface area contributed by atoms with Crippen molar-refractivity contribution >= 4 is 5.91 Å². The Bertz CT molecular complexity index is 618. The molecule has 1 amide bonds. The highest BCUT2D eigenvalue weighted by molar-refractivity contribution is 5.77. The quantitative estimate of drug-likeness (QED) is 0.680. The first-order chi connectivity index (χ1) is 10.9. The Kier molecular flexibility index (Phi) is 3.21. The lowest BCUT2D eigenvalue weighted by molar-refractivity contribution is -0.156. The molecule has 0 aromatic heterocycles. The van der Waals surface area contributed by atoms with Gasteiger partial charge in [0, 0.05) is 30.5 Å². The van der Waals surface area contributed by atoms with Crippen molar-refractivity contribution in [1.82, 2.24) is 4.90 Å². The third-order valence-electron chi connectivity index (χ3n) is 8.26. The number of piperidine rings is 1. The Morgan fingerprint density at radius 2 is 2.00 bits per heavy atom. The van der Waals surface area contributed by atoms with Gasteiger partial charge in [0.25, 0.3) is 0 Å². The average molecular weight is 312 g/mol. The van der Waals surface area contributed by atoms with Crippen LogP contribution in [-0.2, 0) is 4.79 Å². The summed E-state index contributed by atoms with van der Waals surface area (Å²) in [6, 6.07) is 2.92. The number of nitriles is 1. The summed E-state index contributed by atoms with van der Waals surface area (Å²) >= 11 is 0. The molecule has 3 fully saturated rings. The minimum absolute atomic E-state index is 0.121. The summed E-state index contributed by atoms with van der Waals surface area (Å²) in [5, 5.41) is 9.51. The van der Waals surface area contributed by atoms with Crippen LogP contribution in [0.3, 0.4) is 0 Å². The molecule has 2 saturated carbocycles. The highest BCUT2D eigenvalue weighted by atomic mass is 16.2. The lowest BCUT2D eigenvalue weighted by Gasteiger charge is -2.61. The number of hydrogen-bond acceptors (Lipinski definition) is 2. The number of likely N-dealkylation sites (tertiary alicyclic amines) is 1. The summed E-state index contributed by atoms with van der Waals surface area (Å²) in [7, 11) is 2.02. The van der Waals surface area contributed by atoms with Gasteiger partial charge in [-0.1, -0.05) is 19.9 Å². The monoisotopic (exact) mass is 312 g/mol. The van der Waals surface area contributed by atoms with Crippen LogP contribution >= 0.6 is 0 Å². The molecule has 0 aromatic rings. The van der Waals surface area contributed by atoms with E-state index in [-0.39, 0.29) is 10.8 Å². The van der Waals surface area contributed by atoms with Crippen LogP contribution in [-0.4, -0.2) is 23.9 Å². The first kappa shape index (κ1) is 15.2. The van der Waals surface area contributed by atoms with Crippen molar-refractivity contribution in [3.8, 4) is 6.07 Å². The fraction of sp³-hybridized carbons (Fsp3) is 0.800. The van der Waals surface area contributed by atoms with Gasteiger partial charge in [0.2, 0.25) is 5.91 Å². The summed E-state index contributed by atoms with van der Waals surface area (Å²) < 4.78 is 0. The van der Waals surface area contributed by atoms with Crippen molar-refractivity contribution < 1.29 is 4.79 Å². The van der Waals surface area contributed by atoms with E-state index in [4.69, 9.17) is 0 Å². The van der Waals surface area contributed by atoms with E-state index in [1.54, 1.807) is 0 Å². The molecule has 1 aliphatic heterocycles. The standard InChI is InChI=1S/C20H28N2O/c1-19-10-8-16-14(15(19)6-4-13(19)12-21)5-7-17-20(16,2)11-9-18(23)22(17)3/h4,14-17H,5-11H2,1-3H3/t14-,15-,16+,17?,19+,20+/m0/s1. The Hall–Kier alpha value is -1.30. The number of carbonyl (C=O) groups is 1. The average Bonchev–Trinajstić information content (AvgIpc) is 2.88. The SMILES string of the molecule is CN1C(=O)CC[C@@]2(C)C1CC[C@@H]1[C@H]2CC[C@]2(C)C(C#N)=CC[C@@H]12. The van der Waals surface area contributed by atoms with E-state index >= 15 is 0 Å². The predicted octanol–water partition coefficient (Wildman–Crippen LogP) is 3.91. The molecular formula is C20H28N2O. The molecule has 1 saturated heterocycles. The second-order valence-corrected chi connectivity index (χ2v) is 8.90. The number of rotatable bonds is 0. The molecule has 6 atom stereocenters. The molecule has 0 spiro atoms. The van der Waals surface area contributed by atoms with Crippen LogP contribution in [0.25, 0.3) is 0 Å². The van der Waals surface area contributed by atoms with Crippen molar-refractivity contribution in [2.75, 3.05) is 7.05 Å². The van der Waals surface area contributed by atoms with Crippen molar-refractivity contribution in [1.29, 1.82) is 5.26 Å². The van der Waals surface area contributed by atoms with Gasteiger partial charge in [-0.25, -0.2) is 0 Å². The normalized spacial score (nSPS) is 48.9. The third kappa shape index (κ3) is 1.84. The van der Waals surface area contributed by atoms with Crippen LogP contribution in [0.4, 0.5) is 0 Å². The van der Waals surface area contributed by atoms with E-state index in [9.17, 15) is 10.1 Å². The molecule has 1 heterocycles. The van der Waals surface area contributed by atoms with Crippen molar-refractivity contribution in [2.24, 2.45) is 28.6 Å². The largest absolute Gasteiger partial charge is 0.342 e. The lowest BCUT2D eigenvalue weighted by Crippen LogP contribution is -2.61. The maximum atomic E-state index is 12.1. The van der Waals surface area contributed by atoms with Crippen LogP contribution in [0.2, 0.25) is 0 Å². The van der Waals surface area contributed by atoms with Crippen molar-refractivity contribution in [2.45, 2.75) is 64.8 Å². The van der Waals surface area contributed by atoms with E-state index < -0.39 is 0 Å². The summed E-state index contributed by atoms with van der Waals surface area (Å²) in [6.07, 6.45) is 9.85. The Balaban J connectivity index is 1.66. The van der Waals surface area contributed by atoms with Gasteiger partial charge in [0.05, 0.1) is 6.07 Å². The number of amides is 1. The highest BCUT2D eigenvalue weighted by Crippen LogP contribution is 2.64.